The lowest BCUT2D eigenvalue weighted by Gasteiger charge is -2.31. The van der Waals surface area contributed by atoms with E-state index >= 15 is 0 Å². The maximum absolute atomic E-state index is 12.8. The summed E-state index contributed by atoms with van der Waals surface area (Å²) in [5, 5.41) is 1.64. The average molecular weight is 442 g/mol. The zero-order valence-electron chi connectivity index (χ0n) is 17.5. The van der Waals surface area contributed by atoms with E-state index in [2.05, 4.69) is 9.73 Å². The molecule has 1 aromatic carbocycles. The summed E-state index contributed by atoms with van der Waals surface area (Å²) < 4.78 is 47.8. The molecule has 1 fully saturated rings. The van der Waals surface area contributed by atoms with Crippen LogP contribution in [-0.2, 0) is 23.9 Å². The molecular formula is C21H25F3N2O5. The molecule has 0 bridgehead atoms. The van der Waals surface area contributed by atoms with E-state index in [0.29, 0.717) is 18.6 Å². The van der Waals surface area contributed by atoms with E-state index in [1.165, 1.54) is 0 Å². The fraction of sp³-hybridized carbons (Fsp3) is 0.524. The minimum Gasteiger partial charge on any atom is -0.468 e. The smallest absolute Gasteiger partial charge is 0.468 e. The van der Waals surface area contributed by atoms with Crippen molar-refractivity contribution in [1.29, 1.82) is 0 Å². The van der Waals surface area contributed by atoms with Crippen molar-refractivity contribution in [3.63, 3.8) is 0 Å². The molecule has 0 heterocycles. The molecule has 3 atom stereocenters. The largest absolute Gasteiger partial charge is 0.471 e. The number of aliphatic imine (C=N–C) groups is 1. The highest BCUT2D eigenvalue weighted by Gasteiger charge is 2.51. The predicted octanol–water partition coefficient (Wildman–Crippen LogP) is 3.14. The van der Waals surface area contributed by atoms with Gasteiger partial charge in [0.15, 0.2) is 0 Å². The molecule has 170 valence electrons. The molecule has 1 amide bonds. The Bertz CT molecular complexity index is 841. The Hall–Kier alpha value is -2.91. The van der Waals surface area contributed by atoms with Gasteiger partial charge in [-0.1, -0.05) is 30.3 Å². The highest BCUT2D eigenvalue weighted by molar-refractivity contribution is 6.08. The van der Waals surface area contributed by atoms with Gasteiger partial charge in [-0.25, -0.2) is 4.79 Å². The Morgan fingerprint density at radius 3 is 2.35 bits per heavy atom. The zero-order chi connectivity index (χ0) is 23.2. The molecule has 10 heteroatoms. The lowest BCUT2D eigenvalue weighted by Crippen LogP contribution is -2.52. The second-order valence-corrected chi connectivity index (χ2v) is 7.34. The van der Waals surface area contributed by atoms with Crippen molar-refractivity contribution in [2.45, 2.75) is 50.9 Å². The molecule has 0 radical (unpaired) electrons. The van der Waals surface area contributed by atoms with Crippen LogP contribution in [0.4, 0.5) is 13.2 Å². The molecule has 1 aliphatic rings. The number of carbonyl (C=O) groups excluding carboxylic acids is 3. The Balaban J connectivity index is 2.43. The summed E-state index contributed by atoms with van der Waals surface area (Å²) in [4.78, 5) is 41.1. The predicted molar refractivity (Wildman–Crippen MR) is 105 cm³/mol. The van der Waals surface area contributed by atoms with Crippen LogP contribution in [0, 0.1) is 5.41 Å². The van der Waals surface area contributed by atoms with Gasteiger partial charge in [0.1, 0.15) is 11.5 Å². The van der Waals surface area contributed by atoms with Crippen LogP contribution in [0.3, 0.4) is 0 Å². The topological polar surface area (TPSA) is 94.1 Å². The lowest BCUT2D eigenvalue weighted by molar-refractivity contribution is -0.176. The minimum atomic E-state index is -5.20. The summed E-state index contributed by atoms with van der Waals surface area (Å²) in [5.74, 6) is -4.11. The molecule has 2 rings (SSSR count). The number of nitrogens with zero attached hydrogens (tertiary/aromatic N) is 1. The third-order valence-electron chi connectivity index (χ3n) is 5.38. The Morgan fingerprint density at radius 2 is 1.81 bits per heavy atom. The quantitative estimate of drug-likeness (QED) is 0.655. The molecule has 0 saturated heterocycles. The molecule has 1 unspecified atom stereocenters. The summed E-state index contributed by atoms with van der Waals surface area (Å²) in [5.41, 5.74) is -0.142. The Labute approximate surface area is 178 Å². The van der Waals surface area contributed by atoms with Gasteiger partial charge < -0.3 is 14.8 Å². The van der Waals surface area contributed by atoms with Gasteiger partial charge in [0.2, 0.25) is 0 Å². The molecule has 1 N–H and O–H groups in total. The van der Waals surface area contributed by atoms with E-state index in [1.807, 2.05) is 37.3 Å². The first kappa shape index (κ1) is 24.4. The van der Waals surface area contributed by atoms with Crippen molar-refractivity contribution >= 4 is 23.6 Å². The van der Waals surface area contributed by atoms with Crippen molar-refractivity contribution in [3.8, 4) is 0 Å². The van der Waals surface area contributed by atoms with Gasteiger partial charge in [-0.3, -0.25) is 14.6 Å². The number of carbonyl (C=O) groups is 3. The van der Waals surface area contributed by atoms with Crippen molar-refractivity contribution in [3.05, 3.63) is 35.9 Å². The average Bonchev–Trinajstić information content (AvgIpc) is 3.14. The van der Waals surface area contributed by atoms with Crippen molar-refractivity contribution < 1.29 is 37.0 Å². The molecular weight excluding hydrogens is 417 g/mol. The number of nitrogens with one attached hydrogen (secondary N) is 1. The normalized spacial score (nSPS) is 21.9. The van der Waals surface area contributed by atoms with Gasteiger partial charge in [-0.2, -0.15) is 13.2 Å². The van der Waals surface area contributed by atoms with Gasteiger partial charge in [0, 0.05) is 5.71 Å². The molecule has 1 aliphatic carbocycles. The Kier molecular flexibility index (Phi) is 7.80. The van der Waals surface area contributed by atoms with Gasteiger partial charge in [0.25, 0.3) is 0 Å². The van der Waals surface area contributed by atoms with Crippen LogP contribution in [0.1, 0.15) is 44.2 Å². The number of hydrogen-bond donors (Lipinski definition) is 1. The number of esters is 2. The van der Waals surface area contributed by atoms with E-state index in [-0.39, 0.29) is 12.5 Å². The summed E-state index contributed by atoms with van der Waals surface area (Å²) in [7, 11) is 2.14. The van der Waals surface area contributed by atoms with E-state index in [0.717, 1.165) is 19.8 Å². The van der Waals surface area contributed by atoms with Gasteiger partial charge in [-0.15, -0.1) is 0 Å². The fourth-order valence-electron chi connectivity index (χ4n) is 3.81. The molecule has 0 aliphatic heterocycles. The monoisotopic (exact) mass is 442 g/mol. The molecule has 7 nitrogen and oxygen atoms in total. The standard InChI is InChI=1S/C21H25F3N2O5/c1-13(14-8-5-4-6-9-14)25-16-10-7-11-20(16,19(29)31-3)12-15(17(27)30-2)26-18(28)21(22,23)24/h4-6,8-9,13,15H,7,10-12H2,1-3H3,(H,26,28)/t13?,15-,20-/m0/s1. The summed E-state index contributed by atoms with van der Waals surface area (Å²) in [6.45, 7) is 1.83. The van der Waals surface area contributed by atoms with Gasteiger partial charge in [-0.05, 0) is 38.2 Å². The number of hydrogen-bond acceptors (Lipinski definition) is 6. The van der Waals surface area contributed by atoms with Crippen LogP contribution in [0.2, 0.25) is 0 Å². The number of rotatable bonds is 7. The second kappa shape index (κ2) is 9.93. The maximum Gasteiger partial charge on any atom is 0.471 e. The highest BCUT2D eigenvalue weighted by atomic mass is 19.4. The van der Waals surface area contributed by atoms with Crippen molar-refractivity contribution in [2.24, 2.45) is 10.4 Å². The van der Waals surface area contributed by atoms with E-state index in [1.54, 1.807) is 5.32 Å². The Morgan fingerprint density at radius 1 is 1.16 bits per heavy atom. The van der Waals surface area contributed by atoms with Gasteiger partial charge in [0.05, 0.1) is 20.3 Å². The third kappa shape index (κ3) is 5.62. The first-order valence-corrected chi connectivity index (χ1v) is 9.71. The minimum absolute atomic E-state index is 0.218. The zero-order valence-corrected chi connectivity index (χ0v) is 17.5. The fourth-order valence-corrected chi connectivity index (χ4v) is 3.81. The molecule has 1 saturated carbocycles. The number of methoxy groups -OCH3 is 2. The molecule has 0 aromatic heterocycles. The molecule has 31 heavy (non-hydrogen) atoms. The summed E-state index contributed by atoms with van der Waals surface area (Å²) in [6.07, 6.45) is -4.49. The van der Waals surface area contributed by atoms with Gasteiger partial charge >= 0.3 is 24.0 Å². The number of alkyl halides is 3. The van der Waals surface area contributed by atoms with Crippen LogP contribution in [-0.4, -0.2) is 50.0 Å². The van der Waals surface area contributed by atoms with E-state index in [4.69, 9.17) is 4.74 Å². The number of ether oxygens (including phenoxy) is 2. The van der Waals surface area contributed by atoms with E-state index in [9.17, 15) is 27.6 Å². The van der Waals surface area contributed by atoms with Crippen LogP contribution in [0.25, 0.3) is 0 Å². The van der Waals surface area contributed by atoms with Crippen LogP contribution in [0.15, 0.2) is 35.3 Å². The molecule has 1 aromatic rings. The van der Waals surface area contributed by atoms with E-state index < -0.39 is 41.9 Å². The first-order valence-electron chi connectivity index (χ1n) is 9.71. The van der Waals surface area contributed by atoms with Crippen LogP contribution >= 0.6 is 0 Å². The van der Waals surface area contributed by atoms with Crippen LogP contribution in [0.5, 0.6) is 0 Å². The SMILES string of the molecule is COC(=O)[C@H](C[C@@]1(C(=O)OC)CCCC1=NC(C)c1ccccc1)NC(=O)C(F)(F)F. The number of benzene rings is 1. The third-order valence-corrected chi connectivity index (χ3v) is 5.38. The number of amides is 1. The van der Waals surface area contributed by atoms with Crippen molar-refractivity contribution in [2.75, 3.05) is 14.2 Å². The lowest BCUT2D eigenvalue weighted by atomic mass is 9.78. The molecule has 0 spiro atoms. The first-order chi connectivity index (χ1) is 14.5. The second-order valence-electron chi connectivity index (χ2n) is 7.34. The summed E-state index contributed by atoms with van der Waals surface area (Å²) >= 11 is 0. The number of halogens is 3. The highest BCUT2D eigenvalue weighted by Crippen LogP contribution is 2.42. The van der Waals surface area contributed by atoms with Crippen LogP contribution < -0.4 is 5.32 Å². The summed E-state index contributed by atoms with van der Waals surface area (Å²) in [6, 6.07) is 7.23. The van der Waals surface area contributed by atoms with Crippen molar-refractivity contribution in [1.82, 2.24) is 5.32 Å². The maximum atomic E-state index is 12.8.